The van der Waals surface area contributed by atoms with E-state index in [4.69, 9.17) is 4.74 Å². The first-order valence-corrected chi connectivity index (χ1v) is 6.68. The van der Waals surface area contributed by atoms with Crippen molar-refractivity contribution in [2.75, 3.05) is 0 Å². The second-order valence-corrected chi connectivity index (χ2v) is 4.68. The topological polar surface area (TPSA) is 26.3 Å². The average Bonchev–Trinajstić information content (AvgIpc) is 2.47. The Balaban J connectivity index is 2.47. The van der Waals surface area contributed by atoms with Gasteiger partial charge in [-0.15, -0.1) is 0 Å². The lowest BCUT2D eigenvalue weighted by Crippen LogP contribution is -2.09. The van der Waals surface area contributed by atoms with Crippen molar-refractivity contribution < 1.29 is 9.53 Å². The van der Waals surface area contributed by atoms with E-state index in [0.29, 0.717) is 11.3 Å². The molecule has 0 saturated carbocycles. The number of benzene rings is 2. The van der Waals surface area contributed by atoms with E-state index < -0.39 is 5.97 Å². The van der Waals surface area contributed by atoms with E-state index in [0.717, 1.165) is 17.5 Å². The van der Waals surface area contributed by atoms with Crippen LogP contribution in [0.1, 0.15) is 19.4 Å². The lowest BCUT2D eigenvalue weighted by atomic mass is 9.97. The van der Waals surface area contributed by atoms with Gasteiger partial charge in [-0.2, -0.15) is 0 Å². The maximum atomic E-state index is 11.7. The highest BCUT2D eigenvalue weighted by Gasteiger charge is 2.12. The normalized spacial score (nSPS) is 10.1. The summed E-state index contributed by atoms with van der Waals surface area (Å²) in [6, 6.07) is 15.7. The Bertz CT molecular complexity index is 641. The maximum absolute atomic E-state index is 11.7. The first-order chi connectivity index (χ1) is 9.63. The molecule has 0 spiro atoms. The molecule has 0 heterocycles. The fraction of sp³-hybridized carbons (Fsp3) is 0.167. The number of ether oxygens (including phenoxy) is 1. The van der Waals surface area contributed by atoms with Gasteiger partial charge in [0.25, 0.3) is 0 Å². The zero-order valence-corrected chi connectivity index (χ0v) is 11.8. The molecule has 0 atom stereocenters. The number of aryl methyl sites for hydroxylation is 1. The molecule has 2 rings (SSSR count). The van der Waals surface area contributed by atoms with E-state index in [2.05, 4.69) is 19.6 Å². The summed E-state index contributed by atoms with van der Waals surface area (Å²) in [7, 11) is 0. The van der Waals surface area contributed by atoms with E-state index in [1.54, 1.807) is 6.92 Å². The average molecular weight is 266 g/mol. The molecule has 102 valence electrons. The number of rotatable bonds is 4. The molecule has 0 fully saturated rings. The minimum absolute atomic E-state index is 0.392. The molecule has 0 aliphatic rings. The lowest BCUT2D eigenvalue weighted by Gasteiger charge is -2.13. The van der Waals surface area contributed by atoms with Gasteiger partial charge in [0, 0.05) is 11.1 Å². The van der Waals surface area contributed by atoms with Gasteiger partial charge in [-0.05, 0) is 30.5 Å². The molecule has 2 heteroatoms. The third kappa shape index (κ3) is 2.97. The molecule has 0 radical (unpaired) electrons. The molecule has 0 saturated heterocycles. The summed E-state index contributed by atoms with van der Waals surface area (Å²) in [5.74, 6) is 0.174. The zero-order chi connectivity index (χ0) is 14.5. The second kappa shape index (κ2) is 6.20. The first-order valence-electron chi connectivity index (χ1n) is 6.68. The number of carbonyl (C=O) groups is 1. The molecule has 2 aromatic rings. The van der Waals surface area contributed by atoms with E-state index in [1.807, 2.05) is 42.5 Å². The standard InChI is InChI=1S/C18H18O2/c1-4-14-9-5-6-10-15(14)16-11-7-8-12-17(16)20-18(19)13(2)3/h5-12H,2,4H2,1,3H3. The smallest absolute Gasteiger partial charge is 0.338 e. The monoisotopic (exact) mass is 266 g/mol. The summed E-state index contributed by atoms with van der Waals surface area (Å²) in [5.41, 5.74) is 3.65. The van der Waals surface area contributed by atoms with Crippen molar-refractivity contribution in [1.82, 2.24) is 0 Å². The van der Waals surface area contributed by atoms with Crippen molar-refractivity contribution in [3.05, 3.63) is 66.2 Å². The van der Waals surface area contributed by atoms with Crippen LogP contribution in [-0.2, 0) is 11.2 Å². The molecule has 0 bridgehead atoms. The number of hydrogen-bond donors (Lipinski definition) is 0. The van der Waals surface area contributed by atoms with Crippen LogP contribution in [0, 0.1) is 0 Å². The minimum Gasteiger partial charge on any atom is -0.423 e. The van der Waals surface area contributed by atoms with Gasteiger partial charge in [0.15, 0.2) is 0 Å². The molecule has 0 aromatic heterocycles. The van der Waals surface area contributed by atoms with Gasteiger partial charge < -0.3 is 4.74 Å². The van der Waals surface area contributed by atoms with Crippen LogP contribution in [0.15, 0.2) is 60.7 Å². The highest BCUT2D eigenvalue weighted by Crippen LogP contribution is 2.32. The Labute approximate surface area is 119 Å². The molecular weight excluding hydrogens is 248 g/mol. The molecule has 0 amide bonds. The number of hydrogen-bond acceptors (Lipinski definition) is 2. The predicted octanol–water partition coefficient (Wildman–Crippen LogP) is 4.40. The van der Waals surface area contributed by atoms with Crippen molar-refractivity contribution in [1.29, 1.82) is 0 Å². The van der Waals surface area contributed by atoms with Crippen LogP contribution in [0.5, 0.6) is 5.75 Å². The molecule has 0 unspecified atom stereocenters. The van der Waals surface area contributed by atoms with Crippen LogP contribution in [0.25, 0.3) is 11.1 Å². The summed E-state index contributed by atoms with van der Waals surface area (Å²) < 4.78 is 5.42. The van der Waals surface area contributed by atoms with Gasteiger partial charge >= 0.3 is 5.97 Å². The SMILES string of the molecule is C=C(C)C(=O)Oc1ccccc1-c1ccccc1CC. The zero-order valence-electron chi connectivity index (χ0n) is 11.8. The van der Waals surface area contributed by atoms with Gasteiger partial charge in [0.2, 0.25) is 0 Å². The molecule has 2 aromatic carbocycles. The molecule has 2 nitrogen and oxygen atoms in total. The summed E-state index contributed by atoms with van der Waals surface area (Å²) in [5, 5.41) is 0. The Morgan fingerprint density at radius 2 is 1.65 bits per heavy atom. The van der Waals surface area contributed by atoms with Gasteiger partial charge in [-0.3, -0.25) is 0 Å². The quantitative estimate of drug-likeness (QED) is 0.466. The maximum Gasteiger partial charge on any atom is 0.338 e. The highest BCUT2D eigenvalue weighted by molar-refractivity contribution is 5.90. The van der Waals surface area contributed by atoms with Gasteiger partial charge in [-0.1, -0.05) is 56.0 Å². The third-order valence-electron chi connectivity index (χ3n) is 3.13. The Morgan fingerprint density at radius 1 is 1.05 bits per heavy atom. The second-order valence-electron chi connectivity index (χ2n) is 4.68. The Morgan fingerprint density at radius 3 is 2.30 bits per heavy atom. The predicted molar refractivity (Wildman–Crippen MR) is 81.7 cm³/mol. The van der Waals surface area contributed by atoms with Crippen molar-refractivity contribution >= 4 is 5.97 Å². The highest BCUT2D eigenvalue weighted by atomic mass is 16.5. The van der Waals surface area contributed by atoms with E-state index in [1.165, 1.54) is 5.56 Å². The van der Waals surface area contributed by atoms with Crippen LogP contribution in [0.4, 0.5) is 0 Å². The Kier molecular flexibility index (Phi) is 4.36. The summed E-state index contributed by atoms with van der Waals surface area (Å²) in [4.78, 5) is 11.7. The van der Waals surface area contributed by atoms with Crippen LogP contribution in [0.2, 0.25) is 0 Å². The molecule has 0 N–H and O–H groups in total. The summed E-state index contributed by atoms with van der Waals surface area (Å²) in [6.45, 7) is 7.37. The third-order valence-corrected chi connectivity index (χ3v) is 3.13. The summed E-state index contributed by atoms with van der Waals surface area (Å²) >= 11 is 0. The first kappa shape index (κ1) is 14.1. The van der Waals surface area contributed by atoms with Crippen molar-refractivity contribution in [3.8, 4) is 16.9 Å². The van der Waals surface area contributed by atoms with Crippen molar-refractivity contribution in [3.63, 3.8) is 0 Å². The molecule has 0 aliphatic heterocycles. The van der Waals surface area contributed by atoms with E-state index in [9.17, 15) is 4.79 Å². The van der Waals surface area contributed by atoms with E-state index >= 15 is 0 Å². The Hall–Kier alpha value is -2.35. The van der Waals surface area contributed by atoms with Crippen molar-refractivity contribution in [2.24, 2.45) is 0 Å². The van der Waals surface area contributed by atoms with E-state index in [-0.39, 0.29) is 0 Å². The van der Waals surface area contributed by atoms with Crippen LogP contribution in [0.3, 0.4) is 0 Å². The van der Waals surface area contributed by atoms with Gasteiger partial charge in [0.1, 0.15) is 5.75 Å². The fourth-order valence-corrected chi connectivity index (χ4v) is 2.06. The number of para-hydroxylation sites is 1. The molecule has 0 aliphatic carbocycles. The van der Waals surface area contributed by atoms with Crippen LogP contribution >= 0.6 is 0 Å². The van der Waals surface area contributed by atoms with Crippen LogP contribution in [-0.4, -0.2) is 5.97 Å². The van der Waals surface area contributed by atoms with Crippen LogP contribution < -0.4 is 4.74 Å². The minimum atomic E-state index is -0.397. The van der Waals surface area contributed by atoms with Gasteiger partial charge in [0.05, 0.1) is 0 Å². The lowest BCUT2D eigenvalue weighted by molar-refractivity contribution is -0.130. The van der Waals surface area contributed by atoms with Gasteiger partial charge in [-0.25, -0.2) is 4.79 Å². The largest absolute Gasteiger partial charge is 0.423 e. The molecule has 20 heavy (non-hydrogen) atoms. The number of carbonyl (C=O) groups excluding carboxylic acids is 1. The molecular formula is C18H18O2. The number of esters is 1. The van der Waals surface area contributed by atoms with Crippen molar-refractivity contribution in [2.45, 2.75) is 20.3 Å². The fourth-order valence-electron chi connectivity index (χ4n) is 2.06. The summed E-state index contributed by atoms with van der Waals surface area (Å²) in [6.07, 6.45) is 0.930.